The van der Waals surface area contributed by atoms with Crippen molar-refractivity contribution in [2.45, 2.75) is 37.6 Å². The lowest BCUT2D eigenvalue weighted by atomic mass is 9.86. The quantitative estimate of drug-likeness (QED) is 0.855. The maximum atomic E-state index is 12.9. The molecule has 2 aliphatic rings. The van der Waals surface area contributed by atoms with E-state index in [0.29, 0.717) is 0 Å². The molecule has 0 N–H and O–H groups in total. The normalized spacial score (nSPS) is 20.1. The average molecular weight is 330 g/mol. The molecule has 0 bridgehead atoms. The van der Waals surface area contributed by atoms with Crippen molar-refractivity contribution in [1.82, 2.24) is 4.90 Å². The number of aliphatic imine (C=N–C) groups is 1. The Morgan fingerprint density at radius 3 is 2.36 bits per heavy atom. The molecule has 2 aromatic rings. The first kappa shape index (κ1) is 14.2. The van der Waals surface area contributed by atoms with Crippen LogP contribution >= 0.6 is 22.7 Å². The topological polar surface area (TPSA) is 32.7 Å². The van der Waals surface area contributed by atoms with E-state index in [0.717, 1.165) is 44.5 Å². The molecule has 0 radical (unpaired) electrons. The second kappa shape index (κ2) is 5.63. The number of amides is 1. The first-order chi connectivity index (χ1) is 10.8. The van der Waals surface area contributed by atoms with Crippen LogP contribution in [0.2, 0.25) is 0 Å². The maximum absolute atomic E-state index is 12.9. The molecule has 1 fully saturated rings. The Bertz CT molecular complexity index is 652. The molecule has 0 saturated carbocycles. The van der Waals surface area contributed by atoms with Crippen molar-refractivity contribution in [2.24, 2.45) is 4.99 Å². The van der Waals surface area contributed by atoms with Gasteiger partial charge in [-0.3, -0.25) is 4.79 Å². The van der Waals surface area contributed by atoms with Crippen molar-refractivity contribution in [1.29, 1.82) is 0 Å². The molecular weight excluding hydrogens is 312 g/mol. The summed E-state index contributed by atoms with van der Waals surface area (Å²) in [6, 6.07) is 8.40. The fourth-order valence-corrected chi connectivity index (χ4v) is 5.16. The summed E-state index contributed by atoms with van der Waals surface area (Å²) in [6.07, 6.45) is 4.80. The van der Waals surface area contributed by atoms with Crippen molar-refractivity contribution < 1.29 is 4.79 Å². The number of amidine groups is 1. The number of carbonyl (C=O) groups excluding carboxylic acids is 1. The molecule has 0 aromatic carbocycles. The van der Waals surface area contributed by atoms with E-state index in [1.807, 2.05) is 0 Å². The standard InChI is InChI=1S/C17H18N2OS2/c20-16-17(11-13-5-3-9-21-13,12-14-6-4-10-22-14)19-8-2-1-7-15(19)18-16/h3-6,9-10H,1-2,7-8,11-12H2. The lowest BCUT2D eigenvalue weighted by Gasteiger charge is -2.40. The van der Waals surface area contributed by atoms with Gasteiger partial charge in [-0.1, -0.05) is 12.1 Å². The van der Waals surface area contributed by atoms with E-state index >= 15 is 0 Å². The number of nitrogens with zero attached hydrogens (tertiary/aromatic N) is 2. The fourth-order valence-electron chi connectivity index (χ4n) is 3.54. The number of hydrogen-bond donors (Lipinski definition) is 0. The summed E-state index contributed by atoms with van der Waals surface area (Å²) < 4.78 is 0. The molecule has 1 saturated heterocycles. The molecule has 3 nitrogen and oxygen atoms in total. The summed E-state index contributed by atoms with van der Waals surface area (Å²) in [7, 11) is 0. The van der Waals surface area contributed by atoms with Crippen LogP contribution < -0.4 is 0 Å². The first-order valence-electron chi connectivity index (χ1n) is 7.72. The van der Waals surface area contributed by atoms with E-state index in [9.17, 15) is 4.79 Å². The molecule has 2 aliphatic heterocycles. The van der Waals surface area contributed by atoms with E-state index in [1.54, 1.807) is 22.7 Å². The van der Waals surface area contributed by atoms with Crippen molar-refractivity contribution in [3.05, 3.63) is 44.8 Å². The molecule has 2 aromatic heterocycles. The minimum Gasteiger partial charge on any atom is -0.345 e. The van der Waals surface area contributed by atoms with Gasteiger partial charge in [0, 0.05) is 35.6 Å². The molecule has 4 heterocycles. The number of hydrogen-bond acceptors (Lipinski definition) is 4. The van der Waals surface area contributed by atoms with Gasteiger partial charge < -0.3 is 4.90 Å². The Hall–Kier alpha value is -1.46. The SMILES string of the molecule is O=C1N=C2CCCCN2C1(Cc1cccs1)Cc1cccs1. The van der Waals surface area contributed by atoms with Crippen LogP contribution in [0, 0.1) is 0 Å². The number of rotatable bonds is 4. The second-order valence-electron chi connectivity index (χ2n) is 5.99. The summed E-state index contributed by atoms with van der Waals surface area (Å²) in [6.45, 7) is 0.960. The lowest BCUT2D eigenvalue weighted by molar-refractivity contribution is -0.125. The highest BCUT2D eigenvalue weighted by molar-refractivity contribution is 7.10. The van der Waals surface area contributed by atoms with Gasteiger partial charge >= 0.3 is 0 Å². The smallest absolute Gasteiger partial charge is 0.273 e. The zero-order valence-electron chi connectivity index (χ0n) is 12.3. The Labute approximate surface area is 138 Å². The molecule has 0 aliphatic carbocycles. The number of piperidine rings is 1. The highest BCUT2D eigenvalue weighted by Gasteiger charge is 2.50. The van der Waals surface area contributed by atoms with Crippen LogP contribution in [-0.4, -0.2) is 28.7 Å². The van der Waals surface area contributed by atoms with Crippen LogP contribution in [0.15, 0.2) is 40.0 Å². The molecule has 4 rings (SSSR count). The molecule has 5 heteroatoms. The molecular formula is C17H18N2OS2. The van der Waals surface area contributed by atoms with Crippen LogP contribution in [0.25, 0.3) is 0 Å². The van der Waals surface area contributed by atoms with Crippen molar-refractivity contribution in [2.75, 3.05) is 6.54 Å². The molecule has 114 valence electrons. The minimum absolute atomic E-state index is 0.0613. The monoisotopic (exact) mass is 330 g/mol. The minimum atomic E-state index is -0.495. The highest BCUT2D eigenvalue weighted by Crippen LogP contribution is 2.37. The summed E-state index contributed by atoms with van der Waals surface area (Å²) in [5.74, 6) is 1.08. The van der Waals surface area contributed by atoms with Gasteiger partial charge in [-0.2, -0.15) is 4.99 Å². The van der Waals surface area contributed by atoms with Crippen LogP contribution in [0.1, 0.15) is 29.0 Å². The predicted octanol–water partition coefficient (Wildman–Crippen LogP) is 3.76. The Balaban J connectivity index is 1.73. The van der Waals surface area contributed by atoms with Crippen molar-refractivity contribution in [3.8, 4) is 0 Å². The van der Waals surface area contributed by atoms with Gasteiger partial charge in [0.15, 0.2) is 0 Å². The van der Waals surface area contributed by atoms with E-state index < -0.39 is 5.54 Å². The Kier molecular flexibility index (Phi) is 3.62. The van der Waals surface area contributed by atoms with Crippen LogP contribution in [0.5, 0.6) is 0 Å². The maximum Gasteiger partial charge on any atom is 0.273 e. The van der Waals surface area contributed by atoms with Gasteiger partial charge in [0.2, 0.25) is 0 Å². The van der Waals surface area contributed by atoms with Gasteiger partial charge in [-0.05, 0) is 35.7 Å². The summed E-state index contributed by atoms with van der Waals surface area (Å²) in [4.78, 5) is 22.2. The van der Waals surface area contributed by atoms with Crippen molar-refractivity contribution in [3.63, 3.8) is 0 Å². The third-order valence-electron chi connectivity index (χ3n) is 4.58. The van der Waals surface area contributed by atoms with E-state index in [1.165, 1.54) is 9.75 Å². The molecule has 0 atom stereocenters. The molecule has 1 amide bonds. The van der Waals surface area contributed by atoms with Gasteiger partial charge in [-0.25, -0.2) is 0 Å². The van der Waals surface area contributed by atoms with E-state index in [2.05, 4.69) is 44.9 Å². The van der Waals surface area contributed by atoms with E-state index in [4.69, 9.17) is 0 Å². The zero-order chi connectivity index (χ0) is 15.0. The Morgan fingerprint density at radius 2 is 1.77 bits per heavy atom. The zero-order valence-corrected chi connectivity index (χ0v) is 14.0. The van der Waals surface area contributed by atoms with Gasteiger partial charge in [0.1, 0.15) is 11.4 Å². The van der Waals surface area contributed by atoms with Crippen LogP contribution in [-0.2, 0) is 17.6 Å². The van der Waals surface area contributed by atoms with Crippen LogP contribution in [0.3, 0.4) is 0 Å². The lowest BCUT2D eigenvalue weighted by Crippen LogP contribution is -2.56. The molecule has 22 heavy (non-hydrogen) atoms. The number of fused-ring (bicyclic) bond motifs is 1. The highest BCUT2D eigenvalue weighted by atomic mass is 32.1. The van der Waals surface area contributed by atoms with Gasteiger partial charge in [0.05, 0.1) is 0 Å². The summed E-state index contributed by atoms with van der Waals surface area (Å²) in [5, 5.41) is 4.18. The number of carbonyl (C=O) groups is 1. The Morgan fingerprint density at radius 1 is 1.09 bits per heavy atom. The second-order valence-corrected chi connectivity index (χ2v) is 8.05. The molecule has 0 unspecified atom stereocenters. The van der Waals surface area contributed by atoms with Crippen molar-refractivity contribution >= 4 is 34.4 Å². The van der Waals surface area contributed by atoms with E-state index in [-0.39, 0.29) is 5.91 Å². The molecule has 0 spiro atoms. The summed E-state index contributed by atoms with van der Waals surface area (Å²) >= 11 is 3.47. The predicted molar refractivity (Wildman–Crippen MR) is 91.8 cm³/mol. The van der Waals surface area contributed by atoms with Gasteiger partial charge in [-0.15, -0.1) is 22.7 Å². The third-order valence-corrected chi connectivity index (χ3v) is 6.34. The van der Waals surface area contributed by atoms with Gasteiger partial charge in [0.25, 0.3) is 5.91 Å². The third kappa shape index (κ3) is 2.32. The first-order valence-corrected chi connectivity index (χ1v) is 9.48. The number of thiophene rings is 2. The van der Waals surface area contributed by atoms with Crippen LogP contribution in [0.4, 0.5) is 0 Å². The summed E-state index contributed by atoms with van der Waals surface area (Å²) in [5.41, 5.74) is -0.495. The average Bonchev–Trinajstić information content (AvgIpc) is 3.24. The largest absolute Gasteiger partial charge is 0.345 e. The fraction of sp³-hybridized carbons (Fsp3) is 0.412.